The minimum Gasteiger partial charge on any atom is -0.332 e. The maximum absolute atomic E-state index is 5.21. The van der Waals surface area contributed by atoms with Crippen molar-refractivity contribution in [2.75, 3.05) is 6.54 Å². The third-order valence-corrected chi connectivity index (χ3v) is 3.40. The average Bonchev–Trinajstić information content (AvgIpc) is 2.95. The molecule has 2 aromatic heterocycles. The summed E-state index contributed by atoms with van der Waals surface area (Å²) in [6, 6.07) is 0.210. The van der Waals surface area contributed by atoms with Crippen molar-refractivity contribution in [2.45, 2.75) is 31.7 Å². The molecule has 0 aromatic carbocycles. The molecule has 0 saturated carbocycles. The van der Waals surface area contributed by atoms with Crippen molar-refractivity contribution in [2.24, 2.45) is 0 Å². The van der Waals surface area contributed by atoms with E-state index in [4.69, 9.17) is 4.52 Å². The van der Waals surface area contributed by atoms with Gasteiger partial charge in [0.25, 0.3) is 5.89 Å². The Morgan fingerprint density at radius 2 is 2.35 bits per heavy atom. The van der Waals surface area contributed by atoms with E-state index in [0.717, 1.165) is 18.8 Å². The largest absolute Gasteiger partial charge is 0.332 e. The van der Waals surface area contributed by atoms with Gasteiger partial charge in [0.1, 0.15) is 0 Å². The van der Waals surface area contributed by atoms with Crippen LogP contribution in [0.5, 0.6) is 0 Å². The van der Waals surface area contributed by atoms with Gasteiger partial charge in [0.2, 0.25) is 0 Å². The molecule has 1 N–H and O–H groups in total. The van der Waals surface area contributed by atoms with Crippen LogP contribution < -0.4 is 5.32 Å². The van der Waals surface area contributed by atoms with Gasteiger partial charge in [0.05, 0.1) is 6.04 Å². The molecule has 1 fully saturated rings. The van der Waals surface area contributed by atoms with Crippen LogP contribution in [0.2, 0.25) is 0 Å². The fourth-order valence-electron chi connectivity index (χ4n) is 1.99. The number of nitrogens with zero attached hydrogens (tertiary/aromatic N) is 4. The maximum Gasteiger partial charge on any atom is 0.279 e. The second kappa shape index (κ2) is 4.89. The predicted molar refractivity (Wildman–Crippen MR) is 62.4 cm³/mol. The first-order chi connectivity index (χ1) is 8.43. The highest BCUT2D eigenvalue weighted by Crippen LogP contribution is 2.23. The van der Waals surface area contributed by atoms with E-state index in [9.17, 15) is 0 Å². The zero-order valence-corrected chi connectivity index (χ0v) is 10.1. The lowest BCUT2D eigenvalue weighted by atomic mass is 10.1. The van der Waals surface area contributed by atoms with Gasteiger partial charge in [-0.25, -0.2) is 0 Å². The van der Waals surface area contributed by atoms with Crippen molar-refractivity contribution in [3.8, 4) is 11.6 Å². The van der Waals surface area contributed by atoms with E-state index < -0.39 is 0 Å². The topological polar surface area (TPSA) is 76.7 Å². The average molecular weight is 251 g/mol. The zero-order chi connectivity index (χ0) is 11.5. The molecule has 0 aliphatic carbocycles. The molecule has 0 amide bonds. The molecule has 1 saturated heterocycles. The highest BCUT2D eigenvalue weighted by Gasteiger charge is 2.20. The van der Waals surface area contributed by atoms with Gasteiger partial charge in [-0.05, 0) is 30.9 Å². The zero-order valence-electron chi connectivity index (χ0n) is 9.30. The SMILES string of the molecule is c1snnc1-c1nc(C2CCCCCN2)no1. The van der Waals surface area contributed by atoms with Crippen LogP contribution >= 0.6 is 11.5 Å². The van der Waals surface area contributed by atoms with Crippen molar-refractivity contribution in [1.82, 2.24) is 25.0 Å². The van der Waals surface area contributed by atoms with E-state index in [-0.39, 0.29) is 6.04 Å². The summed E-state index contributed by atoms with van der Waals surface area (Å²) < 4.78 is 8.99. The molecule has 17 heavy (non-hydrogen) atoms. The molecule has 0 bridgehead atoms. The van der Waals surface area contributed by atoms with E-state index in [1.54, 1.807) is 5.38 Å². The molecule has 1 aliphatic heterocycles. The predicted octanol–water partition coefficient (Wildman–Crippen LogP) is 1.79. The van der Waals surface area contributed by atoms with Gasteiger partial charge in [-0.1, -0.05) is 22.5 Å². The molecule has 7 heteroatoms. The van der Waals surface area contributed by atoms with Crippen molar-refractivity contribution in [3.63, 3.8) is 0 Å². The monoisotopic (exact) mass is 251 g/mol. The van der Waals surface area contributed by atoms with Gasteiger partial charge in [0.15, 0.2) is 11.5 Å². The quantitative estimate of drug-likeness (QED) is 0.877. The second-order valence-electron chi connectivity index (χ2n) is 4.10. The lowest BCUT2D eigenvalue weighted by Gasteiger charge is -2.09. The lowest BCUT2D eigenvalue weighted by Crippen LogP contribution is -2.21. The van der Waals surface area contributed by atoms with E-state index in [2.05, 4.69) is 25.0 Å². The smallest absolute Gasteiger partial charge is 0.279 e. The molecule has 6 nitrogen and oxygen atoms in total. The fraction of sp³-hybridized carbons (Fsp3) is 0.600. The summed E-state index contributed by atoms with van der Waals surface area (Å²) in [6.45, 7) is 1.02. The highest BCUT2D eigenvalue weighted by molar-refractivity contribution is 7.03. The molecule has 0 radical (unpaired) electrons. The van der Waals surface area contributed by atoms with Crippen LogP contribution in [0.1, 0.15) is 37.5 Å². The van der Waals surface area contributed by atoms with Crippen LogP contribution in [-0.2, 0) is 0 Å². The van der Waals surface area contributed by atoms with Gasteiger partial charge in [0, 0.05) is 5.38 Å². The Morgan fingerprint density at radius 3 is 3.24 bits per heavy atom. The van der Waals surface area contributed by atoms with E-state index in [1.165, 1.54) is 30.8 Å². The molecule has 90 valence electrons. The second-order valence-corrected chi connectivity index (χ2v) is 4.71. The summed E-state index contributed by atoms with van der Waals surface area (Å²) in [7, 11) is 0. The third-order valence-electron chi connectivity index (χ3n) is 2.89. The molecule has 1 aliphatic rings. The Kier molecular flexibility index (Phi) is 3.10. The normalized spacial score (nSPS) is 21.3. The Morgan fingerprint density at radius 1 is 1.35 bits per heavy atom. The summed E-state index contributed by atoms with van der Waals surface area (Å²) in [5, 5.41) is 13.2. The Labute approximate surface area is 103 Å². The lowest BCUT2D eigenvalue weighted by molar-refractivity contribution is 0.401. The van der Waals surface area contributed by atoms with Crippen molar-refractivity contribution in [3.05, 3.63) is 11.2 Å². The molecular weight excluding hydrogens is 238 g/mol. The molecule has 1 atom stereocenters. The van der Waals surface area contributed by atoms with Crippen LogP contribution in [0, 0.1) is 0 Å². The summed E-state index contributed by atoms with van der Waals surface area (Å²) in [4.78, 5) is 4.38. The Balaban J connectivity index is 1.79. The molecule has 0 spiro atoms. The summed E-state index contributed by atoms with van der Waals surface area (Å²) in [5.41, 5.74) is 0.655. The van der Waals surface area contributed by atoms with E-state index in [1.807, 2.05) is 0 Å². The highest BCUT2D eigenvalue weighted by atomic mass is 32.1. The van der Waals surface area contributed by atoms with Gasteiger partial charge in [-0.2, -0.15) is 4.98 Å². The van der Waals surface area contributed by atoms with Crippen LogP contribution in [0.25, 0.3) is 11.6 Å². The Bertz CT molecular complexity index is 461. The van der Waals surface area contributed by atoms with Crippen LogP contribution in [-0.4, -0.2) is 26.3 Å². The molecular formula is C10H13N5OS. The van der Waals surface area contributed by atoms with Crippen molar-refractivity contribution >= 4 is 11.5 Å². The van der Waals surface area contributed by atoms with E-state index in [0.29, 0.717) is 11.6 Å². The maximum atomic E-state index is 5.21. The van der Waals surface area contributed by atoms with Crippen LogP contribution in [0.15, 0.2) is 9.90 Å². The first-order valence-electron chi connectivity index (χ1n) is 5.78. The fourth-order valence-corrected chi connectivity index (χ4v) is 2.42. The summed E-state index contributed by atoms with van der Waals surface area (Å²) in [6.07, 6.45) is 4.76. The molecule has 3 rings (SSSR count). The number of hydrogen-bond donors (Lipinski definition) is 1. The molecule has 3 heterocycles. The van der Waals surface area contributed by atoms with Gasteiger partial charge < -0.3 is 9.84 Å². The van der Waals surface area contributed by atoms with E-state index >= 15 is 0 Å². The minimum absolute atomic E-state index is 0.210. The molecule has 1 unspecified atom stereocenters. The number of nitrogens with one attached hydrogen (secondary N) is 1. The minimum atomic E-state index is 0.210. The Hall–Kier alpha value is -1.34. The first kappa shape index (κ1) is 10.8. The summed E-state index contributed by atoms with van der Waals surface area (Å²) >= 11 is 1.28. The number of aromatic nitrogens is 4. The third kappa shape index (κ3) is 2.34. The van der Waals surface area contributed by atoms with Gasteiger partial charge >= 0.3 is 0 Å². The standard InChI is InChI=1S/C10H13N5OS/c1-2-4-7(11-5-3-1)9-12-10(16-14-9)8-6-17-15-13-8/h6-7,11H,1-5H2. The van der Waals surface area contributed by atoms with Gasteiger partial charge in [-0.3, -0.25) is 0 Å². The van der Waals surface area contributed by atoms with Crippen molar-refractivity contribution in [1.29, 1.82) is 0 Å². The van der Waals surface area contributed by atoms with Crippen LogP contribution in [0.3, 0.4) is 0 Å². The summed E-state index contributed by atoms with van der Waals surface area (Å²) in [5.74, 6) is 1.19. The number of rotatable bonds is 2. The molecule has 2 aromatic rings. The van der Waals surface area contributed by atoms with Crippen LogP contribution in [0.4, 0.5) is 0 Å². The number of hydrogen-bond acceptors (Lipinski definition) is 7. The van der Waals surface area contributed by atoms with Gasteiger partial charge in [-0.15, -0.1) is 5.10 Å². The first-order valence-corrected chi connectivity index (χ1v) is 6.61. The van der Waals surface area contributed by atoms with Crippen molar-refractivity contribution < 1.29 is 4.52 Å².